The molecular weight excluding hydrogens is 280 g/mol. The Labute approximate surface area is 122 Å². The first-order chi connectivity index (χ1) is 9.04. The molecule has 0 aliphatic heterocycles. The van der Waals surface area contributed by atoms with Crippen LogP contribution in [0.25, 0.3) is 0 Å². The van der Waals surface area contributed by atoms with E-state index in [1.807, 2.05) is 38.2 Å². The number of anilines is 1. The molecule has 1 atom stereocenters. The van der Waals surface area contributed by atoms with Crippen molar-refractivity contribution in [3.05, 3.63) is 45.4 Å². The average molecular weight is 297 g/mol. The van der Waals surface area contributed by atoms with Crippen molar-refractivity contribution in [3.8, 4) is 0 Å². The molecule has 3 nitrogen and oxygen atoms in total. The van der Waals surface area contributed by atoms with E-state index < -0.39 is 0 Å². The van der Waals surface area contributed by atoms with Gasteiger partial charge in [-0.3, -0.25) is 0 Å². The van der Waals surface area contributed by atoms with Gasteiger partial charge in [-0.1, -0.05) is 41.1 Å². The number of aromatic nitrogens is 1. The van der Waals surface area contributed by atoms with E-state index in [1.165, 1.54) is 11.3 Å². The van der Waals surface area contributed by atoms with Gasteiger partial charge in [0.1, 0.15) is 0 Å². The molecule has 0 aliphatic carbocycles. The second kappa shape index (κ2) is 5.90. The topological polar surface area (TPSA) is 36.4 Å². The number of aryl methyl sites for hydroxylation is 1. The molecule has 0 amide bonds. The number of benzene rings is 1. The zero-order chi connectivity index (χ0) is 14.0. The van der Waals surface area contributed by atoms with Gasteiger partial charge in [-0.05, 0) is 25.5 Å². The zero-order valence-electron chi connectivity index (χ0n) is 11.2. The molecule has 1 aromatic heterocycles. The predicted octanol–water partition coefficient (Wildman–Crippen LogP) is 3.79. The fourth-order valence-corrected chi connectivity index (χ4v) is 3.16. The summed E-state index contributed by atoms with van der Waals surface area (Å²) in [7, 11) is 1.99. The number of aliphatic hydroxyl groups is 1. The van der Waals surface area contributed by atoms with Crippen LogP contribution < -0.4 is 4.90 Å². The van der Waals surface area contributed by atoms with E-state index in [0.29, 0.717) is 0 Å². The Bertz CT molecular complexity index is 570. The second-order valence-corrected chi connectivity index (χ2v) is 5.94. The van der Waals surface area contributed by atoms with Crippen LogP contribution in [-0.2, 0) is 6.61 Å². The SMILES string of the molecule is Cc1nc(N(C)C(C)c2ccccc2Cl)sc1CO. The van der Waals surface area contributed by atoms with Gasteiger partial charge in [0.25, 0.3) is 0 Å². The van der Waals surface area contributed by atoms with Gasteiger partial charge in [0.05, 0.1) is 23.2 Å². The molecule has 0 radical (unpaired) electrons. The molecule has 1 aromatic carbocycles. The summed E-state index contributed by atoms with van der Waals surface area (Å²) in [4.78, 5) is 7.49. The summed E-state index contributed by atoms with van der Waals surface area (Å²) in [6.45, 7) is 4.05. The minimum atomic E-state index is 0.0395. The Morgan fingerprint density at radius 3 is 2.68 bits per heavy atom. The summed E-state index contributed by atoms with van der Waals surface area (Å²) < 4.78 is 0. The van der Waals surface area contributed by atoms with Crippen LogP contribution in [0.3, 0.4) is 0 Å². The molecule has 2 aromatic rings. The third kappa shape index (κ3) is 2.91. The van der Waals surface area contributed by atoms with Crippen molar-refractivity contribution in [1.82, 2.24) is 4.98 Å². The van der Waals surface area contributed by atoms with Gasteiger partial charge < -0.3 is 10.0 Å². The maximum Gasteiger partial charge on any atom is 0.186 e. The maximum atomic E-state index is 9.24. The van der Waals surface area contributed by atoms with E-state index in [2.05, 4.69) is 16.8 Å². The number of hydrogen-bond donors (Lipinski definition) is 1. The fourth-order valence-electron chi connectivity index (χ4n) is 1.90. The summed E-state index contributed by atoms with van der Waals surface area (Å²) in [5, 5.41) is 10.9. The molecule has 2 rings (SSSR count). The minimum Gasteiger partial charge on any atom is -0.391 e. The van der Waals surface area contributed by atoms with E-state index >= 15 is 0 Å². The van der Waals surface area contributed by atoms with Crippen LogP contribution >= 0.6 is 22.9 Å². The first kappa shape index (κ1) is 14.3. The number of rotatable bonds is 4. The molecule has 0 spiro atoms. The van der Waals surface area contributed by atoms with Gasteiger partial charge in [0, 0.05) is 12.1 Å². The Kier molecular flexibility index (Phi) is 4.45. The molecule has 1 heterocycles. The van der Waals surface area contributed by atoms with E-state index in [9.17, 15) is 5.11 Å². The number of aliphatic hydroxyl groups excluding tert-OH is 1. The quantitative estimate of drug-likeness (QED) is 0.932. The van der Waals surface area contributed by atoms with Crippen molar-refractivity contribution < 1.29 is 5.11 Å². The zero-order valence-corrected chi connectivity index (χ0v) is 12.8. The van der Waals surface area contributed by atoms with Gasteiger partial charge in [-0.15, -0.1) is 0 Å². The normalized spacial score (nSPS) is 12.5. The van der Waals surface area contributed by atoms with Crippen LogP contribution in [0.4, 0.5) is 5.13 Å². The lowest BCUT2D eigenvalue weighted by Gasteiger charge is -2.25. The van der Waals surface area contributed by atoms with Crippen molar-refractivity contribution >= 4 is 28.1 Å². The van der Waals surface area contributed by atoms with E-state index in [4.69, 9.17) is 11.6 Å². The lowest BCUT2D eigenvalue weighted by atomic mass is 10.1. The third-order valence-corrected chi connectivity index (χ3v) is 4.84. The molecule has 1 unspecified atom stereocenters. The Hall–Kier alpha value is -1.10. The van der Waals surface area contributed by atoms with Gasteiger partial charge >= 0.3 is 0 Å². The van der Waals surface area contributed by atoms with Crippen LogP contribution in [-0.4, -0.2) is 17.1 Å². The molecule has 0 saturated carbocycles. The highest BCUT2D eigenvalue weighted by Crippen LogP contribution is 2.33. The highest BCUT2D eigenvalue weighted by Gasteiger charge is 2.18. The summed E-state index contributed by atoms with van der Waals surface area (Å²) in [5.74, 6) is 0. The lowest BCUT2D eigenvalue weighted by Crippen LogP contribution is -2.21. The summed E-state index contributed by atoms with van der Waals surface area (Å²) in [5.41, 5.74) is 1.96. The highest BCUT2D eigenvalue weighted by molar-refractivity contribution is 7.15. The Balaban J connectivity index is 2.28. The Morgan fingerprint density at radius 2 is 2.11 bits per heavy atom. The van der Waals surface area contributed by atoms with Crippen molar-refractivity contribution in [2.75, 3.05) is 11.9 Å². The van der Waals surface area contributed by atoms with Gasteiger partial charge in [0.2, 0.25) is 0 Å². The van der Waals surface area contributed by atoms with E-state index in [0.717, 1.165) is 26.3 Å². The molecule has 102 valence electrons. The molecule has 0 fully saturated rings. The highest BCUT2D eigenvalue weighted by atomic mass is 35.5. The standard InChI is InChI=1S/C14H17ClN2OS/c1-9-13(8-18)19-14(16-9)17(3)10(2)11-6-4-5-7-12(11)15/h4-7,10,18H,8H2,1-3H3. The fraction of sp³-hybridized carbons (Fsp3) is 0.357. The summed E-state index contributed by atoms with van der Waals surface area (Å²) >= 11 is 7.75. The first-order valence-corrected chi connectivity index (χ1v) is 7.28. The third-order valence-electron chi connectivity index (χ3n) is 3.26. The van der Waals surface area contributed by atoms with Crippen LogP contribution in [0, 0.1) is 6.92 Å². The predicted molar refractivity (Wildman–Crippen MR) is 81.0 cm³/mol. The second-order valence-electron chi connectivity index (χ2n) is 4.47. The largest absolute Gasteiger partial charge is 0.391 e. The maximum absolute atomic E-state index is 9.24. The van der Waals surface area contributed by atoms with Gasteiger partial charge in [-0.2, -0.15) is 0 Å². The van der Waals surface area contributed by atoms with Crippen LogP contribution in [0.2, 0.25) is 5.02 Å². The molecule has 19 heavy (non-hydrogen) atoms. The number of nitrogens with zero attached hydrogens (tertiary/aromatic N) is 2. The molecule has 0 bridgehead atoms. The van der Waals surface area contributed by atoms with E-state index in [-0.39, 0.29) is 12.6 Å². The van der Waals surface area contributed by atoms with Gasteiger partial charge in [-0.25, -0.2) is 4.98 Å². The van der Waals surface area contributed by atoms with Crippen molar-refractivity contribution in [3.63, 3.8) is 0 Å². The first-order valence-electron chi connectivity index (χ1n) is 6.09. The van der Waals surface area contributed by atoms with Crippen molar-refractivity contribution in [2.45, 2.75) is 26.5 Å². The van der Waals surface area contributed by atoms with E-state index in [1.54, 1.807) is 0 Å². The molecular formula is C14H17ClN2OS. The van der Waals surface area contributed by atoms with Gasteiger partial charge in [0.15, 0.2) is 5.13 Å². The molecule has 1 N–H and O–H groups in total. The minimum absolute atomic E-state index is 0.0395. The lowest BCUT2D eigenvalue weighted by molar-refractivity contribution is 0.284. The molecule has 0 aliphatic rings. The monoisotopic (exact) mass is 296 g/mol. The summed E-state index contributed by atoms with van der Waals surface area (Å²) in [6, 6.07) is 7.96. The summed E-state index contributed by atoms with van der Waals surface area (Å²) in [6.07, 6.45) is 0. The Morgan fingerprint density at radius 1 is 1.42 bits per heavy atom. The molecule has 0 saturated heterocycles. The number of thiazole rings is 1. The van der Waals surface area contributed by atoms with Crippen LogP contribution in [0.5, 0.6) is 0 Å². The number of halogens is 1. The van der Waals surface area contributed by atoms with Crippen LogP contribution in [0.1, 0.15) is 29.1 Å². The number of hydrogen-bond acceptors (Lipinski definition) is 4. The molecule has 5 heteroatoms. The van der Waals surface area contributed by atoms with Crippen molar-refractivity contribution in [2.24, 2.45) is 0 Å². The smallest absolute Gasteiger partial charge is 0.186 e. The van der Waals surface area contributed by atoms with Crippen molar-refractivity contribution in [1.29, 1.82) is 0 Å². The van der Waals surface area contributed by atoms with Crippen LogP contribution in [0.15, 0.2) is 24.3 Å². The average Bonchev–Trinajstić information content (AvgIpc) is 2.79.